The standard InChI is InChI=1S/C19H25NO3S/c1-5-15-14(3)24-13-16(15)19(21)20(4)11-12-23-18-10-8-7-9-17(18)22-6-2/h7-10,13H,5-6,11-12H2,1-4H3. The molecular formula is C19H25NO3S. The number of hydrogen-bond acceptors (Lipinski definition) is 4. The van der Waals surface area contributed by atoms with Gasteiger partial charge in [-0.2, -0.15) is 0 Å². The Hall–Kier alpha value is -2.01. The highest BCUT2D eigenvalue weighted by atomic mass is 32.1. The summed E-state index contributed by atoms with van der Waals surface area (Å²) in [5.41, 5.74) is 1.97. The maximum absolute atomic E-state index is 12.6. The Morgan fingerprint density at radius 3 is 2.46 bits per heavy atom. The number of aryl methyl sites for hydroxylation is 1. The lowest BCUT2D eigenvalue weighted by atomic mass is 10.1. The maximum atomic E-state index is 12.6. The summed E-state index contributed by atoms with van der Waals surface area (Å²) in [5, 5.41) is 1.96. The van der Waals surface area contributed by atoms with E-state index < -0.39 is 0 Å². The minimum atomic E-state index is 0.0536. The van der Waals surface area contributed by atoms with E-state index in [9.17, 15) is 4.79 Å². The molecule has 1 amide bonds. The summed E-state index contributed by atoms with van der Waals surface area (Å²) in [6.07, 6.45) is 0.877. The normalized spacial score (nSPS) is 10.5. The van der Waals surface area contributed by atoms with Crippen molar-refractivity contribution in [3.63, 3.8) is 0 Å². The number of rotatable bonds is 8. The first-order valence-electron chi connectivity index (χ1n) is 8.25. The predicted octanol–water partition coefficient (Wildman–Crippen LogP) is 4.17. The number of nitrogens with zero attached hydrogens (tertiary/aromatic N) is 1. The van der Waals surface area contributed by atoms with Crippen LogP contribution < -0.4 is 9.47 Å². The Kier molecular flexibility index (Phi) is 6.67. The Morgan fingerprint density at radius 2 is 1.83 bits per heavy atom. The minimum Gasteiger partial charge on any atom is -0.490 e. The van der Waals surface area contributed by atoms with E-state index in [1.54, 1.807) is 16.2 Å². The van der Waals surface area contributed by atoms with Crippen molar-refractivity contribution in [1.82, 2.24) is 4.90 Å². The van der Waals surface area contributed by atoms with Crippen LogP contribution in [0, 0.1) is 6.92 Å². The molecule has 0 saturated carbocycles. The van der Waals surface area contributed by atoms with Gasteiger partial charge >= 0.3 is 0 Å². The van der Waals surface area contributed by atoms with E-state index in [1.807, 2.05) is 43.6 Å². The molecule has 2 rings (SSSR count). The zero-order valence-corrected chi connectivity index (χ0v) is 15.6. The van der Waals surface area contributed by atoms with Gasteiger partial charge in [0, 0.05) is 17.3 Å². The van der Waals surface area contributed by atoms with E-state index >= 15 is 0 Å². The van der Waals surface area contributed by atoms with E-state index in [2.05, 4.69) is 13.8 Å². The second kappa shape index (κ2) is 8.73. The molecule has 0 spiro atoms. The van der Waals surface area contributed by atoms with E-state index in [-0.39, 0.29) is 5.91 Å². The van der Waals surface area contributed by atoms with Gasteiger partial charge in [0.2, 0.25) is 0 Å². The number of carbonyl (C=O) groups is 1. The van der Waals surface area contributed by atoms with Crippen molar-refractivity contribution in [3.05, 3.63) is 45.6 Å². The fourth-order valence-electron chi connectivity index (χ4n) is 2.54. The van der Waals surface area contributed by atoms with Crippen LogP contribution >= 0.6 is 11.3 Å². The van der Waals surface area contributed by atoms with Gasteiger partial charge in [-0.3, -0.25) is 4.79 Å². The summed E-state index contributed by atoms with van der Waals surface area (Å²) in [7, 11) is 1.81. The van der Waals surface area contributed by atoms with Crippen LogP contribution in [0.5, 0.6) is 11.5 Å². The largest absolute Gasteiger partial charge is 0.490 e. The SMILES string of the molecule is CCOc1ccccc1OCCN(C)C(=O)c1csc(C)c1CC. The third-order valence-corrected chi connectivity index (χ3v) is 4.82. The van der Waals surface area contributed by atoms with Gasteiger partial charge in [0.05, 0.1) is 18.7 Å². The molecule has 0 fully saturated rings. The summed E-state index contributed by atoms with van der Waals surface area (Å²) in [4.78, 5) is 15.5. The van der Waals surface area contributed by atoms with Gasteiger partial charge in [-0.1, -0.05) is 19.1 Å². The predicted molar refractivity (Wildman–Crippen MR) is 98.5 cm³/mol. The molecule has 5 heteroatoms. The minimum absolute atomic E-state index is 0.0536. The monoisotopic (exact) mass is 347 g/mol. The molecular weight excluding hydrogens is 322 g/mol. The molecule has 0 N–H and O–H groups in total. The molecule has 0 aliphatic heterocycles. The Balaban J connectivity index is 1.93. The molecule has 2 aromatic rings. The van der Waals surface area contributed by atoms with Crippen molar-refractivity contribution in [3.8, 4) is 11.5 Å². The molecule has 1 aromatic carbocycles. The molecule has 0 saturated heterocycles. The first-order valence-corrected chi connectivity index (χ1v) is 9.13. The summed E-state index contributed by atoms with van der Waals surface area (Å²) < 4.78 is 11.3. The molecule has 0 bridgehead atoms. The fourth-order valence-corrected chi connectivity index (χ4v) is 3.48. The highest BCUT2D eigenvalue weighted by molar-refractivity contribution is 7.10. The van der Waals surface area contributed by atoms with E-state index in [4.69, 9.17) is 9.47 Å². The first kappa shape index (κ1) is 18.3. The number of hydrogen-bond donors (Lipinski definition) is 0. The zero-order valence-electron chi connectivity index (χ0n) is 14.8. The molecule has 0 aliphatic carbocycles. The van der Waals surface area contributed by atoms with E-state index in [0.29, 0.717) is 25.5 Å². The average Bonchev–Trinajstić information content (AvgIpc) is 2.96. The highest BCUT2D eigenvalue weighted by Gasteiger charge is 2.18. The van der Waals surface area contributed by atoms with Crippen molar-refractivity contribution in [2.24, 2.45) is 0 Å². The van der Waals surface area contributed by atoms with Gasteiger partial charge in [-0.25, -0.2) is 0 Å². The molecule has 1 heterocycles. The zero-order chi connectivity index (χ0) is 17.5. The number of carbonyl (C=O) groups excluding carboxylic acids is 1. The number of thiophene rings is 1. The second-order valence-corrected chi connectivity index (χ2v) is 6.58. The number of likely N-dealkylation sites (N-methyl/N-ethyl adjacent to an activating group) is 1. The van der Waals surface area contributed by atoms with Crippen molar-refractivity contribution in [2.45, 2.75) is 27.2 Å². The smallest absolute Gasteiger partial charge is 0.254 e. The Labute approximate surface area is 148 Å². The lowest BCUT2D eigenvalue weighted by Gasteiger charge is -2.18. The van der Waals surface area contributed by atoms with Crippen molar-refractivity contribution in [2.75, 3.05) is 26.8 Å². The second-order valence-electron chi connectivity index (χ2n) is 5.49. The van der Waals surface area contributed by atoms with Crippen molar-refractivity contribution >= 4 is 17.2 Å². The molecule has 0 unspecified atom stereocenters. The summed E-state index contributed by atoms with van der Waals surface area (Å²) in [5.74, 6) is 1.49. The van der Waals surface area contributed by atoms with E-state index in [0.717, 1.165) is 23.3 Å². The molecule has 130 valence electrons. The molecule has 0 atom stereocenters. The Morgan fingerprint density at radius 1 is 1.17 bits per heavy atom. The van der Waals surface area contributed by atoms with Crippen LogP contribution in [-0.2, 0) is 6.42 Å². The topological polar surface area (TPSA) is 38.8 Å². The van der Waals surface area contributed by atoms with Gasteiger partial charge in [0.15, 0.2) is 11.5 Å². The molecule has 4 nitrogen and oxygen atoms in total. The van der Waals surface area contributed by atoms with Crippen LogP contribution in [0.3, 0.4) is 0 Å². The summed E-state index contributed by atoms with van der Waals surface area (Å²) in [6, 6.07) is 7.59. The molecule has 0 aliphatic rings. The summed E-state index contributed by atoms with van der Waals surface area (Å²) in [6.45, 7) is 7.63. The third kappa shape index (κ3) is 4.29. The lowest BCUT2D eigenvalue weighted by molar-refractivity contribution is 0.0772. The van der Waals surface area contributed by atoms with Crippen LogP contribution in [0.1, 0.15) is 34.6 Å². The Bertz CT molecular complexity index is 681. The number of benzene rings is 1. The third-order valence-electron chi connectivity index (χ3n) is 3.87. The number of ether oxygens (including phenoxy) is 2. The quantitative estimate of drug-likeness (QED) is 0.719. The average molecular weight is 347 g/mol. The number of para-hydroxylation sites is 2. The van der Waals surface area contributed by atoms with Gasteiger partial charge in [-0.15, -0.1) is 11.3 Å². The molecule has 0 radical (unpaired) electrons. The fraction of sp³-hybridized carbons (Fsp3) is 0.421. The van der Waals surface area contributed by atoms with E-state index in [1.165, 1.54) is 4.88 Å². The maximum Gasteiger partial charge on any atom is 0.254 e. The van der Waals surface area contributed by atoms with Crippen LogP contribution in [-0.4, -0.2) is 37.6 Å². The number of amides is 1. The van der Waals surface area contributed by atoms with Gasteiger partial charge < -0.3 is 14.4 Å². The van der Waals surface area contributed by atoms with Crippen LogP contribution in [0.2, 0.25) is 0 Å². The van der Waals surface area contributed by atoms with Gasteiger partial charge in [-0.05, 0) is 38.0 Å². The molecule has 24 heavy (non-hydrogen) atoms. The lowest BCUT2D eigenvalue weighted by Crippen LogP contribution is -2.31. The highest BCUT2D eigenvalue weighted by Crippen LogP contribution is 2.26. The van der Waals surface area contributed by atoms with Crippen LogP contribution in [0.25, 0.3) is 0 Å². The van der Waals surface area contributed by atoms with Crippen LogP contribution in [0.4, 0.5) is 0 Å². The van der Waals surface area contributed by atoms with Crippen molar-refractivity contribution < 1.29 is 14.3 Å². The first-order chi connectivity index (χ1) is 11.6. The van der Waals surface area contributed by atoms with Crippen molar-refractivity contribution in [1.29, 1.82) is 0 Å². The van der Waals surface area contributed by atoms with Gasteiger partial charge in [0.1, 0.15) is 6.61 Å². The summed E-state index contributed by atoms with van der Waals surface area (Å²) >= 11 is 1.63. The van der Waals surface area contributed by atoms with Crippen LogP contribution in [0.15, 0.2) is 29.6 Å². The molecule has 1 aromatic heterocycles. The van der Waals surface area contributed by atoms with Gasteiger partial charge in [0.25, 0.3) is 5.91 Å².